The van der Waals surface area contributed by atoms with Crippen molar-refractivity contribution >= 4 is 40.5 Å². The van der Waals surface area contributed by atoms with Gasteiger partial charge in [0.05, 0.1) is 0 Å². The molecule has 96 valence electrons. The third kappa shape index (κ3) is 4.14. The molecule has 0 aliphatic rings. The monoisotopic (exact) mass is 265 g/mol. The minimum atomic E-state index is -0.232. The number of hydrogen-bond acceptors (Lipinski definition) is 3. The van der Waals surface area contributed by atoms with E-state index < -0.39 is 0 Å². The Morgan fingerprint density at radius 1 is 1.28 bits per heavy atom. The molecule has 0 saturated heterocycles. The SMILES string of the molecule is CC(=O)NC(=S)Nc1cccc(N(C)C(C)=O)c1. The highest BCUT2D eigenvalue weighted by atomic mass is 32.1. The van der Waals surface area contributed by atoms with E-state index in [9.17, 15) is 9.59 Å². The second kappa shape index (κ2) is 6.11. The number of nitrogens with one attached hydrogen (secondary N) is 2. The number of thiocarbonyl (C=S) groups is 1. The molecule has 2 N–H and O–H groups in total. The van der Waals surface area contributed by atoms with Crippen LogP contribution in [-0.4, -0.2) is 24.0 Å². The highest BCUT2D eigenvalue weighted by Gasteiger charge is 2.06. The van der Waals surface area contributed by atoms with Gasteiger partial charge in [0.25, 0.3) is 0 Å². The van der Waals surface area contributed by atoms with Crippen molar-refractivity contribution in [3.05, 3.63) is 24.3 Å². The third-order valence-electron chi connectivity index (χ3n) is 2.25. The van der Waals surface area contributed by atoms with Crippen LogP contribution >= 0.6 is 12.2 Å². The van der Waals surface area contributed by atoms with Gasteiger partial charge in [-0.15, -0.1) is 0 Å². The Bertz CT molecular complexity index is 488. The molecule has 0 atom stereocenters. The molecule has 0 unspecified atom stereocenters. The Kier molecular flexibility index (Phi) is 4.79. The molecule has 0 aromatic heterocycles. The van der Waals surface area contributed by atoms with Crippen molar-refractivity contribution in [2.45, 2.75) is 13.8 Å². The predicted octanol–water partition coefficient (Wildman–Crippen LogP) is 1.50. The van der Waals surface area contributed by atoms with Gasteiger partial charge < -0.3 is 15.5 Å². The van der Waals surface area contributed by atoms with Crippen LogP contribution in [-0.2, 0) is 9.59 Å². The summed E-state index contributed by atoms with van der Waals surface area (Å²) in [5, 5.41) is 5.56. The normalized spacial score (nSPS) is 9.50. The van der Waals surface area contributed by atoms with Gasteiger partial charge in [0, 0.05) is 32.3 Å². The van der Waals surface area contributed by atoms with E-state index in [1.807, 2.05) is 6.07 Å². The topological polar surface area (TPSA) is 61.4 Å². The number of anilines is 2. The zero-order valence-electron chi connectivity index (χ0n) is 10.5. The molecule has 5 nitrogen and oxygen atoms in total. The van der Waals surface area contributed by atoms with Gasteiger partial charge >= 0.3 is 0 Å². The fourth-order valence-corrected chi connectivity index (χ4v) is 1.56. The minimum absolute atomic E-state index is 0.0587. The summed E-state index contributed by atoms with van der Waals surface area (Å²) in [6.45, 7) is 2.87. The average molecular weight is 265 g/mol. The Balaban J connectivity index is 2.79. The first-order chi connectivity index (χ1) is 8.40. The standard InChI is InChI=1S/C12H15N3O2S/c1-8(16)13-12(18)14-10-5-4-6-11(7-10)15(3)9(2)17/h4-7H,1-3H3,(H2,13,14,16,18). The number of carbonyl (C=O) groups excluding carboxylic acids is 2. The summed E-state index contributed by atoms with van der Waals surface area (Å²) in [4.78, 5) is 23.6. The Labute approximate surface area is 111 Å². The second-order valence-electron chi connectivity index (χ2n) is 3.76. The van der Waals surface area contributed by atoms with Gasteiger partial charge in [-0.3, -0.25) is 9.59 Å². The van der Waals surface area contributed by atoms with Crippen LogP contribution in [0.5, 0.6) is 0 Å². The summed E-state index contributed by atoms with van der Waals surface area (Å²) < 4.78 is 0. The molecule has 0 aliphatic heterocycles. The van der Waals surface area contributed by atoms with Crippen LogP contribution in [0.15, 0.2) is 24.3 Å². The molecule has 1 rings (SSSR count). The quantitative estimate of drug-likeness (QED) is 0.796. The first-order valence-corrected chi connectivity index (χ1v) is 5.74. The first kappa shape index (κ1) is 14.1. The molecule has 2 amide bonds. The van der Waals surface area contributed by atoms with Crippen molar-refractivity contribution in [1.82, 2.24) is 5.32 Å². The number of carbonyl (C=O) groups is 2. The van der Waals surface area contributed by atoms with E-state index in [2.05, 4.69) is 10.6 Å². The maximum absolute atomic E-state index is 11.2. The van der Waals surface area contributed by atoms with Crippen LogP contribution in [0.4, 0.5) is 11.4 Å². The van der Waals surface area contributed by atoms with Crippen molar-refractivity contribution in [1.29, 1.82) is 0 Å². The summed E-state index contributed by atoms with van der Waals surface area (Å²) in [5.41, 5.74) is 1.46. The number of rotatable bonds is 2. The van der Waals surface area contributed by atoms with Crippen molar-refractivity contribution in [2.24, 2.45) is 0 Å². The van der Waals surface area contributed by atoms with Crippen LogP contribution in [0.1, 0.15) is 13.8 Å². The van der Waals surface area contributed by atoms with Gasteiger partial charge in [-0.2, -0.15) is 0 Å². The molecule has 0 bridgehead atoms. The zero-order valence-corrected chi connectivity index (χ0v) is 11.3. The van der Waals surface area contributed by atoms with E-state index >= 15 is 0 Å². The molecule has 0 saturated carbocycles. The molecule has 0 fully saturated rings. The van der Waals surface area contributed by atoms with Crippen LogP contribution < -0.4 is 15.5 Å². The zero-order chi connectivity index (χ0) is 13.7. The van der Waals surface area contributed by atoms with E-state index in [0.29, 0.717) is 5.69 Å². The maximum Gasteiger partial charge on any atom is 0.223 e. The molecular weight excluding hydrogens is 250 g/mol. The first-order valence-electron chi connectivity index (χ1n) is 5.33. The average Bonchev–Trinajstić information content (AvgIpc) is 2.26. The molecule has 0 radical (unpaired) electrons. The van der Waals surface area contributed by atoms with Gasteiger partial charge in [-0.05, 0) is 30.4 Å². The smallest absolute Gasteiger partial charge is 0.223 e. The largest absolute Gasteiger partial charge is 0.332 e. The van der Waals surface area contributed by atoms with Crippen molar-refractivity contribution in [2.75, 3.05) is 17.3 Å². The molecule has 1 aromatic rings. The van der Waals surface area contributed by atoms with Gasteiger partial charge in [0.15, 0.2) is 5.11 Å². The van der Waals surface area contributed by atoms with Crippen molar-refractivity contribution in [3.63, 3.8) is 0 Å². The number of amides is 2. The Hall–Kier alpha value is -1.95. The van der Waals surface area contributed by atoms with Gasteiger partial charge in [-0.25, -0.2) is 0 Å². The highest BCUT2D eigenvalue weighted by Crippen LogP contribution is 2.18. The summed E-state index contributed by atoms with van der Waals surface area (Å²) in [6.07, 6.45) is 0. The molecule has 18 heavy (non-hydrogen) atoms. The van der Waals surface area contributed by atoms with E-state index in [0.717, 1.165) is 5.69 Å². The second-order valence-corrected chi connectivity index (χ2v) is 4.17. The molecule has 0 spiro atoms. The number of hydrogen-bond donors (Lipinski definition) is 2. The van der Waals surface area contributed by atoms with E-state index in [1.165, 1.54) is 18.7 Å². The van der Waals surface area contributed by atoms with Crippen LogP contribution in [0.3, 0.4) is 0 Å². The van der Waals surface area contributed by atoms with Gasteiger partial charge in [0.2, 0.25) is 11.8 Å². The van der Waals surface area contributed by atoms with E-state index in [-0.39, 0.29) is 16.9 Å². The van der Waals surface area contributed by atoms with Crippen molar-refractivity contribution < 1.29 is 9.59 Å². The molecule has 6 heteroatoms. The maximum atomic E-state index is 11.2. The Morgan fingerprint density at radius 3 is 2.50 bits per heavy atom. The third-order valence-corrected chi connectivity index (χ3v) is 2.46. The molecular formula is C12H15N3O2S. The lowest BCUT2D eigenvalue weighted by molar-refractivity contribution is -0.118. The summed E-state index contributed by atoms with van der Waals surface area (Å²) in [6, 6.07) is 7.18. The number of nitrogens with zero attached hydrogens (tertiary/aromatic N) is 1. The summed E-state index contributed by atoms with van der Waals surface area (Å²) >= 11 is 4.95. The van der Waals surface area contributed by atoms with Crippen LogP contribution in [0.2, 0.25) is 0 Å². The predicted molar refractivity (Wildman–Crippen MR) is 75.6 cm³/mol. The fraction of sp³-hybridized carbons (Fsp3) is 0.250. The molecule has 0 heterocycles. The lowest BCUT2D eigenvalue weighted by Gasteiger charge is -2.16. The van der Waals surface area contributed by atoms with Crippen LogP contribution in [0.25, 0.3) is 0 Å². The lowest BCUT2D eigenvalue weighted by atomic mass is 10.2. The fourth-order valence-electron chi connectivity index (χ4n) is 1.30. The van der Waals surface area contributed by atoms with Crippen LogP contribution in [0, 0.1) is 0 Å². The van der Waals surface area contributed by atoms with Crippen molar-refractivity contribution in [3.8, 4) is 0 Å². The summed E-state index contributed by atoms with van der Waals surface area (Å²) in [7, 11) is 1.69. The van der Waals surface area contributed by atoms with E-state index in [1.54, 1.807) is 25.2 Å². The van der Waals surface area contributed by atoms with E-state index in [4.69, 9.17) is 12.2 Å². The lowest BCUT2D eigenvalue weighted by Crippen LogP contribution is -2.32. The van der Waals surface area contributed by atoms with Gasteiger partial charge in [-0.1, -0.05) is 6.07 Å². The molecule has 0 aliphatic carbocycles. The number of benzene rings is 1. The summed E-state index contributed by atoms with van der Waals surface area (Å²) in [5.74, 6) is -0.291. The Morgan fingerprint density at radius 2 is 1.94 bits per heavy atom. The minimum Gasteiger partial charge on any atom is -0.332 e. The highest BCUT2D eigenvalue weighted by molar-refractivity contribution is 7.80. The molecule has 1 aromatic carbocycles. The van der Waals surface area contributed by atoms with Gasteiger partial charge in [0.1, 0.15) is 0 Å².